The van der Waals surface area contributed by atoms with Crippen molar-refractivity contribution in [2.75, 3.05) is 6.61 Å². The Bertz CT molecular complexity index is 476. The summed E-state index contributed by atoms with van der Waals surface area (Å²) < 4.78 is 27.0. The van der Waals surface area contributed by atoms with Crippen molar-refractivity contribution in [3.8, 4) is 0 Å². The number of nitrogens with zero attached hydrogens (tertiary/aromatic N) is 1. The summed E-state index contributed by atoms with van der Waals surface area (Å²) >= 11 is 3.16. The second-order valence-electron chi connectivity index (χ2n) is 3.99. The van der Waals surface area contributed by atoms with Gasteiger partial charge in [-0.25, -0.2) is 13.1 Å². The summed E-state index contributed by atoms with van der Waals surface area (Å²) in [7, 11) is -3.64. The number of halogens is 1. The third-order valence-electron chi connectivity index (χ3n) is 2.30. The topological polar surface area (TPSA) is 79.3 Å². The summed E-state index contributed by atoms with van der Waals surface area (Å²) in [6.07, 6.45) is 2.77. The number of pyridine rings is 1. The molecule has 1 heterocycles. The van der Waals surface area contributed by atoms with Gasteiger partial charge in [-0.3, -0.25) is 4.98 Å². The molecule has 0 aliphatic heterocycles. The summed E-state index contributed by atoms with van der Waals surface area (Å²) in [5, 5.41) is 9.11. The molecule has 1 aromatic rings. The van der Waals surface area contributed by atoms with Gasteiger partial charge in [-0.05, 0) is 27.9 Å². The van der Waals surface area contributed by atoms with Crippen molar-refractivity contribution in [3.05, 3.63) is 22.9 Å². The lowest BCUT2D eigenvalue weighted by molar-refractivity contribution is 0.227. The van der Waals surface area contributed by atoms with Gasteiger partial charge in [0.15, 0.2) is 0 Å². The third kappa shape index (κ3) is 4.02. The van der Waals surface area contributed by atoms with Crippen molar-refractivity contribution in [2.24, 2.45) is 5.92 Å². The Kier molecular flexibility index (Phi) is 5.05. The maximum atomic E-state index is 12.0. The molecule has 0 aliphatic carbocycles. The van der Waals surface area contributed by atoms with Crippen LogP contribution in [-0.4, -0.2) is 31.2 Å². The molecule has 0 saturated heterocycles. The molecule has 17 heavy (non-hydrogen) atoms. The largest absolute Gasteiger partial charge is 0.395 e. The Labute approximate surface area is 109 Å². The molecule has 0 spiro atoms. The minimum atomic E-state index is -3.64. The smallest absolute Gasteiger partial charge is 0.242 e. The quantitative estimate of drug-likeness (QED) is 0.852. The van der Waals surface area contributed by atoms with Crippen LogP contribution in [-0.2, 0) is 10.0 Å². The Morgan fingerprint density at radius 2 is 2.12 bits per heavy atom. The van der Waals surface area contributed by atoms with Crippen molar-refractivity contribution < 1.29 is 13.5 Å². The van der Waals surface area contributed by atoms with Crippen LogP contribution >= 0.6 is 15.9 Å². The molecule has 5 nitrogen and oxygen atoms in total. The maximum absolute atomic E-state index is 12.0. The second-order valence-corrected chi connectivity index (χ2v) is 6.62. The van der Waals surface area contributed by atoms with Crippen LogP contribution in [0.2, 0.25) is 0 Å². The lowest BCUT2D eigenvalue weighted by Gasteiger charge is -2.19. The van der Waals surface area contributed by atoms with E-state index < -0.39 is 16.1 Å². The van der Waals surface area contributed by atoms with Crippen molar-refractivity contribution in [1.82, 2.24) is 9.71 Å². The average Bonchev–Trinajstić information content (AvgIpc) is 2.25. The van der Waals surface area contributed by atoms with E-state index >= 15 is 0 Å². The number of aliphatic hydroxyl groups is 1. The van der Waals surface area contributed by atoms with E-state index in [1.807, 2.05) is 13.8 Å². The zero-order valence-corrected chi connectivity index (χ0v) is 12.0. The summed E-state index contributed by atoms with van der Waals surface area (Å²) in [4.78, 5) is 3.87. The predicted octanol–water partition coefficient (Wildman–Crippen LogP) is 1.14. The third-order valence-corrected chi connectivity index (χ3v) is 4.19. The fraction of sp³-hybridized carbons (Fsp3) is 0.500. The Balaban J connectivity index is 2.96. The van der Waals surface area contributed by atoms with E-state index in [1.165, 1.54) is 18.5 Å². The average molecular weight is 323 g/mol. The van der Waals surface area contributed by atoms with Crippen molar-refractivity contribution in [1.29, 1.82) is 0 Å². The van der Waals surface area contributed by atoms with Crippen molar-refractivity contribution >= 4 is 26.0 Å². The second kappa shape index (κ2) is 5.90. The predicted molar refractivity (Wildman–Crippen MR) is 68.0 cm³/mol. The van der Waals surface area contributed by atoms with Crippen LogP contribution in [0.3, 0.4) is 0 Å². The first-order chi connectivity index (χ1) is 7.86. The van der Waals surface area contributed by atoms with Gasteiger partial charge >= 0.3 is 0 Å². The molecule has 0 aliphatic rings. The Hall–Kier alpha value is -0.500. The highest BCUT2D eigenvalue weighted by Crippen LogP contribution is 2.15. The zero-order valence-electron chi connectivity index (χ0n) is 9.59. The molecule has 0 amide bonds. The lowest BCUT2D eigenvalue weighted by atomic mass is 10.1. The number of nitrogens with one attached hydrogen (secondary N) is 1. The van der Waals surface area contributed by atoms with Gasteiger partial charge in [-0.2, -0.15) is 0 Å². The Morgan fingerprint density at radius 1 is 1.47 bits per heavy atom. The van der Waals surface area contributed by atoms with Gasteiger partial charge in [-0.15, -0.1) is 0 Å². The first kappa shape index (κ1) is 14.6. The molecule has 0 saturated carbocycles. The fourth-order valence-electron chi connectivity index (χ4n) is 1.19. The normalized spacial score (nSPS) is 13.9. The molecule has 1 rings (SSSR count). The molecule has 96 valence electrons. The van der Waals surface area contributed by atoms with Crippen LogP contribution in [0.4, 0.5) is 0 Å². The number of hydrogen-bond donors (Lipinski definition) is 2. The number of sulfonamides is 1. The first-order valence-electron chi connectivity index (χ1n) is 5.10. The highest BCUT2D eigenvalue weighted by atomic mass is 79.9. The number of hydrogen-bond acceptors (Lipinski definition) is 4. The lowest BCUT2D eigenvalue weighted by Crippen LogP contribution is -2.41. The summed E-state index contributed by atoms with van der Waals surface area (Å²) in [5.74, 6) is 0.00915. The van der Waals surface area contributed by atoms with Gasteiger partial charge in [0.25, 0.3) is 0 Å². The molecule has 0 bridgehead atoms. The van der Waals surface area contributed by atoms with E-state index in [0.29, 0.717) is 4.47 Å². The standard InChI is InChI=1S/C10H15BrN2O3S/c1-7(2)10(6-14)13-17(15,16)9-3-8(11)4-12-5-9/h3-5,7,10,13-14H,6H2,1-2H3/t10-/m1/s1. The molecule has 1 aromatic heterocycles. The van der Waals surface area contributed by atoms with Crippen LogP contribution in [0.5, 0.6) is 0 Å². The summed E-state index contributed by atoms with van der Waals surface area (Å²) in [6, 6.07) is 0.961. The van der Waals surface area contributed by atoms with Crippen molar-refractivity contribution in [2.45, 2.75) is 24.8 Å². The minimum absolute atomic E-state index is 0.00915. The molecule has 1 atom stereocenters. The molecule has 0 aromatic carbocycles. The molecule has 0 radical (unpaired) electrons. The minimum Gasteiger partial charge on any atom is -0.395 e. The van der Waals surface area contributed by atoms with Crippen LogP contribution < -0.4 is 4.72 Å². The van der Waals surface area contributed by atoms with Crippen LogP contribution in [0, 0.1) is 5.92 Å². The van der Waals surface area contributed by atoms with Crippen LogP contribution in [0.15, 0.2) is 27.8 Å². The van der Waals surface area contributed by atoms with Gasteiger partial charge in [0.2, 0.25) is 10.0 Å². The highest BCUT2D eigenvalue weighted by Gasteiger charge is 2.22. The van der Waals surface area contributed by atoms with Gasteiger partial charge in [0, 0.05) is 22.9 Å². The van der Waals surface area contributed by atoms with Crippen LogP contribution in [0.25, 0.3) is 0 Å². The number of aliphatic hydroxyl groups excluding tert-OH is 1. The molecular formula is C10H15BrN2O3S. The molecule has 0 unspecified atom stereocenters. The van der Waals surface area contributed by atoms with E-state index in [2.05, 4.69) is 25.6 Å². The van der Waals surface area contributed by atoms with E-state index in [0.717, 1.165) is 0 Å². The van der Waals surface area contributed by atoms with Gasteiger partial charge < -0.3 is 5.11 Å². The summed E-state index contributed by atoms with van der Waals surface area (Å²) in [6.45, 7) is 3.43. The van der Waals surface area contributed by atoms with E-state index in [9.17, 15) is 8.42 Å². The monoisotopic (exact) mass is 322 g/mol. The summed E-state index contributed by atoms with van der Waals surface area (Å²) in [5.41, 5.74) is 0. The van der Waals surface area contributed by atoms with Crippen molar-refractivity contribution in [3.63, 3.8) is 0 Å². The SMILES string of the molecule is CC(C)[C@@H](CO)NS(=O)(=O)c1cncc(Br)c1. The zero-order chi connectivity index (χ0) is 13.1. The number of rotatable bonds is 5. The molecular weight excluding hydrogens is 308 g/mol. The molecule has 7 heteroatoms. The number of aromatic nitrogens is 1. The van der Waals surface area contributed by atoms with E-state index in [1.54, 1.807) is 0 Å². The first-order valence-corrected chi connectivity index (χ1v) is 7.38. The highest BCUT2D eigenvalue weighted by molar-refractivity contribution is 9.10. The Morgan fingerprint density at radius 3 is 2.59 bits per heavy atom. The van der Waals surface area contributed by atoms with Gasteiger partial charge in [0.05, 0.1) is 6.61 Å². The molecule has 0 fully saturated rings. The van der Waals surface area contributed by atoms with Crippen LogP contribution in [0.1, 0.15) is 13.8 Å². The fourth-order valence-corrected chi connectivity index (χ4v) is 3.07. The molecule has 2 N–H and O–H groups in total. The maximum Gasteiger partial charge on any atom is 0.242 e. The van der Waals surface area contributed by atoms with Gasteiger partial charge in [0.1, 0.15) is 4.90 Å². The van der Waals surface area contributed by atoms with Gasteiger partial charge in [-0.1, -0.05) is 13.8 Å². The van der Waals surface area contributed by atoms with E-state index in [-0.39, 0.29) is 17.4 Å². The van der Waals surface area contributed by atoms with E-state index in [4.69, 9.17) is 5.11 Å².